The number of ether oxygens (including phenoxy) is 1. The molecule has 4 rings (SSSR count). The average molecular weight is 364 g/mol. The molecule has 0 aromatic carbocycles. The molecule has 3 aliphatic rings. The molecule has 0 bridgehead atoms. The van der Waals surface area contributed by atoms with Gasteiger partial charge in [0, 0.05) is 48.5 Å². The van der Waals surface area contributed by atoms with E-state index in [1.807, 2.05) is 11.3 Å². The van der Waals surface area contributed by atoms with Gasteiger partial charge in [0.2, 0.25) is 0 Å². The Labute approximate surface area is 156 Å². The zero-order valence-corrected chi connectivity index (χ0v) is 16.3. The first-order chi connectivity index (χ1) is 12.4. The largest absolute Gasteiger partial charge is 0.379 e. The van der Waals surface area contributed by atoms with Gasteiger partial charge in [-0.2, -0.15) is 0 Å². The van der Waals surface area contributed by atoms with Crippen LogP contribution in [0.3, 0.4) is 0 Å². The highest BCUT2D eigenvalue weighted by Gasteiger charge is 2.26. The summed E-state index contributed by atoms with van der Waals surface area (Å²) >= 11 is 2.04. The Bertz CT molecular complexity index is 523. The molecule has 0 saturated carbocycles. The zero-order valence-electron chi connectivity index (χ0n) is 15.5. The van der Waals surface area contributed by atoms with Gasteiger partial charge in [0.1, 0.15) is 0 Å². The van der Waals surface area contributed by atoms with Crippen LogP contribution in [0.1, 0.15) is 41.9 Å². The lowest BCUT2D eigenvalue weighted by Crippen LogP contribution is -2.51. The van der Waals surface area contributed by atoms with E-state index in [4.69, 9.17) is 4.74 Å². The van der Waals surface area contributed by atoms with Crippen molar-refractivity contribution >= 4 is 11.3 Å². The quantitative estimate of drug-likeness (QED) is 0.800. The Hall–Kier alpha value is -0.460. The molecule has 1 aromatic rings. The van der Waals surface area contributed by atoms with E-state index in [0.717, 1.165) is 38.9 Å². The second kappa shape index (κ2) is 8.96. The van der Waals surface area contributed by atoms with Crippen LogP contribution in [0.15, 0.2) is 12.1 Å². The maximum absolute atomic E-state index is 5.52. The molecule has 0 aliphatic carbocycles. The molecule has 0 amide bonds. The molecule has 3 saturated heterocycles. The van der Waals surface area contributed by atoms with Gasteiger partial charge in [-0.15, -0.1) is 11.3 Å². The summed E-state index contributed by atoms with van der Waals surface area (Å²) in [7, 11) is 0. The third kappa shape index (κ3) is 5.04. The number of hydrogen-bond donors (Lipinski definition) is 0. The minimum Gasteiger partial charge on any atom is -0.379 e. The van der Waals surface area contributed by atoms with Crippen molar-refractivity contribution in [3.05, 3.63) is 21.9 Å². The van der Waals surface area contributed by atoms with Crippen LogP contribution in [-0.4, -0.2) is 73.2 Å². The summed E-state index contributed by atoms with van der Waals surface area (Å²) in [6, 6.07) is 5.49. The molecule has 25 heavy (non-hydrogen) atoms. The van der Waals surface area contributed by atoms with Crippen LogP contribution in [0.25, 0.3) is 0 Å². The molecule has 5 heteroatoms. The molecule has 3 fully saturated rings. The average Bonchev–Trinajstić information content (AvgIpc) is 3.10. The number of thiophene rings is 1. The molecule has 1 atom stereocenters. The van der Waals surface area contributed by atoms with Gasteiger partial charge in [-0.05, 0) is 57.5 Å². The topological polar surface area (TPSA) is 19.0 Å². The number of hydrogen-bond acceptors (Lipinski definition) is 5. The first-order valence-electron chi connectivity index (χ1n) is 10.2. The third-order valence-corrected chi connectivity index (χ3v) is 7.02. The van der Waals surface area contributed by atoms with Gasteiger partial charge in [0.05, 0.1) is 13.2 Å². The predicted octanol–water partition coefficient (Wildman–Crippen LogP) is 3.03. The van der Waals surface area contributed by atoms with Gasteiger partial charge in [0.25, 0.3) is 0 Å². The lowest BCUT2D eigenvalue weighted by atomic mass is 10.0. The molecule has 3 aliphatic heterocycles. The van der Waals surface area contributed by atoms with Crippen molar-refractivity contribution < 1.29 is 4.74 Å². The molecule has 4 heterocycles. The van der Waals surface area contributed by atoms with E-state index in [-0.39, 0.29) is 0 Å². The van der Waals surface area contributed by atoms with Crippen LogP contribution in [0.2, 0.25) is 0 Å². The number of likely N-dealkylation sites (tertiary alicyclic amines) is 2. The summed E-state index contributed by atoms with van der Waals surface area (Å²) < 4.78 is 5.52. The predicted molar refractivity (Wildman–Crippen MR) is 104 cm³/mol. The highest BCUT2D eigenvalue weighted by Crippen LogP contribution is 2.24. The standard InChI is InChI=1S/C20H33N3OS/c1-2-8-21(9-3-1)16-19-6-7-20(25-19)17-22-10-4-5-18(15-22)23-11-13-24-14-12-23/h6-7,18H,1-5,8-17H2. The Kier molecular flexibility index (Phi) is 6.42. The second-order valence-electron chi connectivity index (χ2n) is 7.88. The summed E-state index contributed by atoms with van der Waals surface area (Å²) in [6.07, 6.45) is 6.89. The minimum atomic E-state index is 0.741. The van der Waals surface area contributed by atoms with Crippen molar-refractivity contribution in [3.63, 3.8) is 0 Å². The van der Waals surface area contributed by atoms with E-state index in [0.29, 0.717) is 0 Å². The molecule has 1 aromatic heterocycles. The van der Waals surface area contributed by atoms with Gasteiger partial charge in [-0.25, -0.2) is 0 Å². The van der Waals surface area contributed by atoms with Crippen molar-refractivity contribution in [2.24, 2.45) is 0 Å². The van der Waals surface area contributed by atoms with Crippen LogP contribution >= 0.6 is 11.3 Å². The molecule has 0 radical (unpaired) electrons. The fourth-order valence-corrected chi connectivity index (χ4v) is 5.67. The smallest absolute Gasteiger partial charge is 0.0594 e. The normalized spacial score (nSPS) is 27.6. The van der Waals surface area contributed by atoms with Crippen LogP contribution in [-0.2, 0) is 17.8 Å². The Morgan fingerprint density at radius 3 is 2.28 bits per heavy atom. The van der Waals surface area contributed by atoms with Crippen molar-refractivity contribution in [3.8, 4) is 0 Å². The number of nitrogens with zero attached hydrogens (tertiary/aromatic N) is 3. The van der Waals surface area contributed by atoms with E-state index in [1.54, 1.807) is 9.75 Å². The highest BCUT2D eigenvalue weighted by atomic mass is 32.1. The summed E-state index contributed by atoms with van der Waals surface area (Å²) in [6.45, 7) is 11.5. The fourth-order valence-electron chi connectivity index (χ4n) is 4.57. The van der Waals surface area contributed by atoms with E-state index >= 15 is 0 Å². The molecule has 0 N–H and O–H groups in total. The van der Waals surface area contributed by atoms with E-state index in [9.17, 15) is 0 Å². The van der Waals surface area contributed by atoms with Gasteiger partial charge in [0.15, 0.2) is 0 Å². The van der Waals surface area contributed by atoms with Crippen molar-refractivity contribution in [2.45, 2.75) is 51.2 Å². The van der Waals surface area contributed by atoms with Crippen molar-refractivity contribution in [1.82, 2.24) is 14.7 Å². The number of morpholine rings is 1. The summed E-state index contributed by atoms with van der Waals surface area (Å²) in [5, 5.41) is 0. The SMILES string of the molecule is c1cc(CN2CCCC(N3CCOCC3)C2)sc1CN1CCCCC1. The molecule has 0 spiro atoms. The zero-order chi connectivity index (χ0) is 16.9. The van der Waals surface area contributed by atoms with E-state index in [2.05, 4.69) is 26.8 Å². The second-order valence-corrected chi connectivity index (χ2v) is 9.14. The summed E-state index contributed by atoms with van der Waals surface area (Å²) in [5.41, 5.74) is 0. The third-order valence-electron chi connectivity index (χ3n) is 5.97. The monoisotopic (exact) mass is 363 g/mol. The molecule has 4 nitrogen and oxygen atoms in total. The number of piperidine rings is 2. The van der Waals surface area contributed by atoms with Crippen LogP contribution in [0.5, 0.6) is 0 Å². The highest BCUT2D eigenvalue weighted by molar-refractivity contribution is 7.11. The lowest BCUT2D eigenvalue weighted by molar-refractivity contribution is -0.00346. The van der Waals surface area contributed by atoms with Crippen LogP contribution in [0.4, 0.5) is 0 Å². The number of rotatable bonds is 5. The Balaban J connectivity index is 1.28. The summed E-state index contributed by atoms with van der Waals surface area (Å²) in [4.78, 5) is 11.1. The molecular formula is C20H33N3OS. The van der Waals surface area contributed by atoms with Gasteiger partial charge in [-0.3, -0.25) is 14.7 Å². The minimum absolute atomic E-state index is 0.741. The molecular weight excluding hydrogens is 330 g/mol. The fraction of sp³-hybridized carbons (Fsp3) is 0.800. The molecule has 1 unspecified atom stereocenters. The molecule has 140 valence electrons. The van der Waals surface area contributed by atoms with E-state index < -0.39 is 0 Å². The lowest BCUT2D eigenvalue weighted by Gasteiger charge is -2.40. The van der Waals surface area contributed by atoms with Crippen molar-refractivity contribution in [1.29, 1.82) is 0 Å². The van der Waals surface area contributed by atoms with Crippen LogP contribution < -0.4 is 0 Å². The van der Waals surface area contributed by atoms with Gasteiger partial charge < -0.3 is 4.74 Å². The maximum Gasteiger partial charge on any atom is 0.0594 e. The first-order valence-corrected chi connectivity index (χ1v) is 11.0. The Morgan fingerprint density at radius 2 is 1.52 bits per heavy atom. The van der Waals surface area contributed by atoms with E-state index in [1.165, 1.54) is 64.8 Å². The summed E-state index contributed by atoms with van der Waals surface area (Å²) in [5.74, 6) is 0. The van der Waals surface area contributed by atoms with Crippen molar-refractivity contribution in [2.75, 3.05) is 52.5 Å². The van der Waals surface area contributed by atoms with Gasteiger partial charge in [-0.1, -0.05) is 6.42 Å². The Morgan fingerprint density at radius 1 is 0.840 bits per heavy atom. The maximum atomic E-state index is 5.52. The first kappa shape index (κ1) is 17.9. The van der Waals surface area contributed by atoms with Gasteiger partial charge >= 0.3 is 0 Å². The van der Waals surface area contributed by atoms with Crippen LogP contribution in [0, 0.1) is 0 Å².